The molecule has 2 aromatic rings. The molecule has 1 amide bonds. The van der Waals surface area contributed by atoms with Crippen LogP contribution in [0.25, 0.3) is 0 Å². The molecule has 24 heavy (non-hydrogen) atoms. The SMILES string of the molecule is CC(C)c1ccc(Nc2ccnc(C(=O)NC3CCCC3)c2)cc1. The Morgan fingerprint density at radius 2 is 1.79 bits per heavy atom. The molecule has 0 atom stereocenters. The zero-order valence-electron chi connectivity index (χ0n) is 14.4. The first kappa shape index (κ1) is 16.5. The van der Waals surface area contributed by atoms with Crippen LogP contribution in [-0.4, -0.2) is 16.9 Å². The fourth-order valence-corrected chi connectivity index (χ4v) is 3.08. The molecular formula is C20H25N3O. The summed E-state index contributed by atoms with van der Waals surface area (Å²) in [6.07, 6.45) is 6.23. The van der Waals surface area contributed by atoms with Crippen molar-refractivity contribution in [2.24, 2.45) is 0 Å². The largest absolute Gasteiger partial charge is 0.355 e. The van der Waals surface area contributed by atoms with Crippen LogP contribution in [0.2, 0.25) is 0 Å². The van der Waals surface area contributed by atoms with Gasteiger partial charge in [-0.15, -0.1) is 0 Å². The lowest BCUT2D eigenvalue weighted by Crippen LogP contribution is -2.33. The molecule has 0 saturated heterocycles. The Morgan fingerprint density at radius 3 is 2.46 bits per heavy atom. The Morgan fingerprint density at radius 1 is 1.08 bits per heavy atom. The average molecular weight is 323 g/mol. The van der Waals surface area contributed by atoms with E-state index in [0.29, 0.717) is 17.7 Å². The molecule has 2 N–H and O–H groups in total. The predicted octanol–water partition coefficient (Wildman–Crippen LogP) is 4.62. The highest BCUT2D eigenvalue weighted by molar-refractivity contribution is 5.93. The zero-order chi connectivity index (χ0) is 16.9. The van der Waals surface area contributed by atoms with E-state index in [-0.39, 0.29) is 5.91 Å². The molecule has 4 heteroatoms. The van der Waals surface area contributed by atoms with Crippen molar-refractivity contribution in [3.63, 3.8) is 0 Å². The first-order valence-corrected chi connectivity index (χ1v) is 8.76. The zero-order valence-corrected chi connectivity index (χ0v) is 14.4. The molecule has 0 unspecified atom stereocenters. The van der Waals surface area contributed by atoms with E-state index >= 15 is 0 Å². The van der Waals surface area contributed by atoms with Gasteiger partial charge in [0.2, 0.25) is 0 Å². The maximum absolute atomic E-state index is 12.3. The van der Waals surface area contributed by atoms with Crippen LogP contribution < -0.4 is 10.6 Å². The smallest absolute Gasteiger partial charge is 0.270 e. The molecule has 0 bridgehead atoms. The van der Waals surface area contributed by atoms with Gasteiger partial charge in [0.15, 0.2) is 0 Å². The molecule has 3 rings (SSSR count). The van der Waals surface area contributed by atoms with Crippen LogP contribution in [0.5, 0.6) is 0 Å². The number of rotatable bonds is 5. The molecule has 1 aromatic heterocycles. The van der Waals surface area contributed by atoms with Crippen molar-refractivity contribution >= 4 is 17.3 Å². The van der Waals surface area contributed by atoms with Gasteiger partial charge in [0.1, 0.15) is 5.69 Å². The Bertz CT molecular complexity index is 688. The molecule has 1 saturated carbocycles. The molecule has 1 aromatic carbocycles. The lowest BCUT2D eigenvalue weighted by Gasteiger charge is -2.13. The Hall–Kier alpha value is -2.36. The van der Waals surface area contributed by atoms with Crippen LogP contribution in [0.1, 0.15) is 61.5 Å². The number of pyridine rings is 1. The van der Waals surface area contributed by atoms with Gasteiger partial charge in [0.05, 0.1) is 0 Å². The average Bonchev–Trinajstić information content (AvgIpc) is 3.08. The molecule has 1 aliphatic carbocycles. The van der Waals surface area contributed by atoms with Crippen molar-refractivity contribution < 1.29 is 4.79 Å². The van der Waals surface area contributed by atoms with E-state index in [0.717, 1.165) is 24.2 Å². The van der Waals surface area contributed by atoms with Crippen molar-refractivity contribution in [2.75, 3.05) is 5.32 Å². The number of nitrogens with zero attached hydrogens (tertiary/aromatic N) is 1. The summed E-state index contributed by atoms with van der Waals surface area (Å²) < 4.78 is 0. The Labute approximate surface area is 143 Å². The number of amides is 1. The molecular weight excluding hydrogens is 298 g/mol. The Balaban J connectivity index is 1.67. The van der Waals surface area contributed by atoms with Gasteiger partial charge >= 0.3 is 0 Å². The maximum Gasteiger partial charge on any atom is 0.270 e. The number of carbonyl (C=O) groups excluding carboxylic acids is 1. The van der Waals surface area contributed by atoms with Crippen LogP contribution in [-0.2, 0) is 0 Å². The molecule has 1 heterocycles. The van der Waals surface area contributed by atoms with Gasteiger partial charge in [0, 0.05) is 23.6 Å². The summed E-state index contributed by atoms with van der Waals surface area (Å²) in [5, 5.41) is 6.42. The van der Waals surface area contributed by atoms with Gasteiger partial charge in [-0.05, 0) is 48.6 Å². The van der Waals surface area contributed by atoms with E-state index < -0.39 is 0 Å². The van der Waals surface area contributed by atoms with E-state index in [1.54, 1.807) is 12.3 Å². The summed E-state index contributed by atoms with van der Waals surface area (Å²) >= 11 is 0. The van der Waals surface area contributed by atoms with E-state index in [1.807, 2.05) is 6.07 Å². The summed E-state index contributed by atoms with van der Waals surface area (Å²) in [4.78, 5) is 16.5. The topological polar surface area (TPSA) is 54.0 Å². The first-order chi connectivity index (χ1) is 11.6. The van der Waals surface area contributed by atoms with Crippen molar-refractivity contribution in [3.8, 4) is 0 Å². The predicted molar refractivity (Wildman–Crippen MR) is 97.8 cm³/mol. The second kappa shape index (κ2) is 7.47. The first-order valence-electron chi connectivity index (χ1n) is 8.76. The second-order valence-electron chi connectivity index (χ2n) is 6.79. The highest BCUT2D eigenvalue weighted by atomic mass is 16.1. The summed E-state index contributed by atoms with van der Waals surface area (Å²) in [6, 6.07) is 12.4. The summed E-state index contributed by atoms with van der Waals surface area (Å²) in [7, 11) is 0. The molecule has 0 radical (unpaired) electrons. The number of nitrogens with one attached hydrogen (secondary N) is 2. The van der Waals surface area contributed by atoms with Gasteiger partial charge in [-0.2, -0.15) is 0 Å². The summed E-state index contributed by atoms with van der Waals surface area (Å²) in [6.45, 7) is 4.36. The van der Waals surface area contributed by atoms with E-state index in [1.165, 1.54) is 18.4 Å². The van der Waals surface area contributed by atoms with Gasteiger partial charge in [0.25, 0.3) is 5.91 Å². The van der Waals surface area contributed by atoms with Crippen LogP contribution in [0.15, 0.2) is 42.6 Å². The molecule has 126 valence electrons. The third kappa shape index (κ3) is 4.13. The minimum atomic E-state index is -0.0827. The van der Waals surface area contributed by atoms with Gasteiger partial charge in [-0.1, -0.05) is 38.8 Å². The van der Waals surface area contributed by atoms with Gasteiger partial charge in [-0.3, -0.25) is 9.78 Å². The highest BCUT2D eigenvalue weighted by Crippen LogP contribution is 2.21. The number of carbonyl (C=O) groups is 1. The Kier molecular flexibility index (Phi) is 5.14. The number of benzene rings is 1. The van der Waals surface area contributed by atoms with E-state index in [9.17, 15) is 4.79 Å². The van der Waals surface area contributed by atoms with Crippen LogP contribution in [0, 0.1) is 0 Å². The van der Waals surface area contributed by atoms with Gasteiger partial charge in [-0.25, -0.2) is 0 Å². The minimum Gasteiger partial charge on any atom is -0.355 e. The summed E-state index contributed by atoms with van der Waals surface area (Å²) in [5.41, 5.74) is 3.66. The van der Waals surface area contributed by atoms with Crippen LogP contribution in [0.4, 0.5) is 11.4 Å². The normalized spacial score (nSPS) is 14.8. The third-order valence-electron chi connectivity index (χ3n) is 4.55. The molecule has 0 aliphatic heterocycles. The maximum atomic E-state index is 12.3. The van der Waals surface area contributed by atoms with Crippen molar-refractivity contribution in [1.82, 2.24) is 10.3 Å². The number of hydrogen-bond donors (Lipinski definition) is 2. The molecule has 1 aliphatic rings. The van der Waals surface area contributed by atoms with Gasteiger partial charge < -0.3 is 10.6 Å². The fourth-order valence-electron chi connectivity index (χ4n) is 3.08. The molecule has 0 spiro atoms. The van der Waals surface area contributed by atoms with Crippen molar-refractivity contribution in [1.29, 1.82) is 0 Å². The van der Waals surface area contributed by atoms with Crippen LogP contribution in [0.3, 0.4) is 0 Å². The second-order valence-corrected chi connectivity index (χ2v) is 6.79. The molecule has 1 fully saturated rings. The fraction of sp³-hybridized carbons (Fsp3) is 0.400. The summed E-state index contributed by atoms with van der Waals surface area (Å²) in [5.74, 6) is 0.437. The number of anilines is 2. The quantitative estimate of drug-likeness (QED) is 0.844. The molecule has 4 nitrogen and oxygen atoms in total. The van der Waals surface area contributed by atoms with E-state index in [4.69, 9.17) is 0 Å². The lowest BCUT2D eigenvalue weighted by molar-refractivity contribution is 0.0933. The third-order valence-corrected chi connectivity index (χ3v) is 4.55. The van der Waals surface area contributed by atoms with Crippen LogP contribution >= 0.6 is 0 Å². The standard InChI is InChI=1S/C20H25N3O/c1-14(2)15-7-9-17(10-8-15)22-18-11-12-21-19(13-18)20(24)23-16-5-3-4-6-16/h7-14,16H,3-6H2,1-2H3,(H,21,22)(H,23,24). The highest BCUT2D eigenvalue weighted by Gasteiger charge is 2.18. The monoisotopic (exact) mass is 323 g/mol. The van der Waals surface area contributed by atoms with E-state index in [2.05, 4.69) is 53.7 Å². The number of aromatic nitrogens is 1. The minimum absolute atomic E-state index is 0.0827. The lowest BCUT2D eigenvalue weighted by atomic mass is 10.0. The number of hydrogen-bond acceptors (Lipinski definition) is 3. The van der Waals surface area contributed by atoms with Crippen molar-refractivity contribution in [2.45, 2.75) is 51.5 Å². The van der Waals surface area contributed by atoms with Crippen molar-refractivity contribution in [3.05, 3.63) is 53.9 Å².